The Bertz CT molecular complexity index is 511. The van der Waals surface area contributed by atoms with Crippen LogP contribution >= 0.6 is 0 Å². The first kappa shape index (κ1) is 12.5. The smallest absolute Gasteiger partial charge is 0.182 e. The fourth-order valence-corrected chi connectivity index (χ4v) is 1.85. The third-order valence-corrected chi connectivity index (χ3v) is 2.83. The molecule has 2 heterocycles. The van der Waals surface area contributed by atoms with E-state index in [1.165, 1.54) is 0 Å². The largest absolute Gasteiger partial charge is 0.396 e. The van der Waals surface area contributed by atoms with Gasteiger partial charge in [-0.2, -0.15) is 0 Å². The Labute approximate surface area is 105 Å². The van der Waals surface area contributed by atoms with Crippen LogP contribution in [0.1, 0.15) is 25.8 Å². The molecule has 2 aromatic rings. The highest BCUT2D eigenvalue weighted by Gasteiger charge is 2.13. The molecule has 6 nitrogen and oxygen atoms in total. The van der Waals surface area contributed by atoms with E-state index in [9.17, 15) is 0 Å². The Morgan fingerprint density at radius 2 is 2.28 bits per heavy atom. The second kappa shape index (κ2) is 5.59. The number of nitrogens with zero attached hydrogens (tertiary/aromatic N) is 4. The van der Waals surface area contributed by atoms with Crippen molar-refractivity contribution in [1.29, 1.82) is 0 Å². The predicted molar refractivity (Wildman–Crippen MR) is 68.7 cm³/mol. The zero-order valence-electron chi connectivity index (χ0n) is 10.3. The summed E-state index contributed by atoms with van der Waals surface area (Å²) in [5.41, 5.74) is 6.38. The second-order valence-electron chi connectivity index (χ2n) is 4.22. The van der Waals surface area contributed by atoms with Gasteiger partial charge in [-0.05, 0) is 31.9 Å². The van der Waals surface area contributed by atoms with Gasteiger partial charge in [0.1, 0.15) is 17.8 Å². The summed E-state index contributed by atoms with van der Waals surface area (Å²) in [5, 5.41) is 16.9. The van der Waals surface area contributed by atoms with Crippen LogP contribution in [0, 0.1) is 0 Å². The molecule has 2 aromatic heterocycles. The van der Waals surface area contributed by atoms with E-state index in [2.05, 4.69) is 22.1 Å². The van der Waals surface area contributed by atoms with Gasteiger partial charge >= 0.3 is 0 Å². The third-order valence-electron chi connectivity index (χ3n) is 2.83. The number of anilines is 1. The molecule has 0 spiro atoms. The molecule has 18 heavy (non-hydrogen) atoms. The first-order valence-electron chi connectivity index (χ1n) is 5.95. The van der Waals surface area contributed by atoms with E-state index in [-0.39, 0.29) is 12.6 Å². The highest BCUT2D eigenvalue weighted by atomic mass is 16.2. The quantitative estimate of drug-likeness (QED) is 0.830. The van der Waals surface area contributed by atoms with Crippen molar-refractivity contribution < 1.29 is 5.11 Å². The van der Waals surface area contributed by atoms with Gasteiger partial charge in [0.25, 0.3) is 0 Å². The molecule has 3 N–H and O–H groups in total. The van der Waals surface area contributed by atoms with Gasteiger partial charge in [-0.1, -0.05) is 6.07 Å². The highest BCUT2D eigenvalue weighted by Crippen LogP contribution is 2.21. The molecule has 2 rings (SSSR count). The summed E-state index contributed by atoms with van der Waals surface area (Å²) in [5.74, 6) is 1.16. The molecule has 1 unspecified atom stereocenters. The van der Waals surface area contributed by atoms with E-state index >= 15 is 0 Å². The van der Waals surface area contributed by atoms with Crippen LogP contribution in [-0.4, -0.2) is 31.5 Å². The molecule has 0 amide bonds. The van der Waals surface area contributed by atoms with E-state index in [4.69, 9.17) is 10.8 Å². The summed E-state index contributed by atoms with van der Waals surface area (Å²) in [4.78, 5) is 4.24. The van der Waals surface area contributed by atoms with Gasteiger partial charge < -0.3 is 15.4 Å². The first-order chi connectivity index (χ1) is 8.72. The van der Waals surface area contributed by atoms with E-state index in [0.717, 1.165) is 12.8 Å². The number of aliphatic hydroxyl groups excluding tert-OH is 1. The van der Waals surface area contributed by atoms with E-state index < -0.39 is 0 Å². The molecule has 0 aliphatic rings. The molecular weight excluding hydrogens is 230 g/mol. The summed E-state index contributed by atoms with van der Waals surface area (Å²) in [7, 11) is 0. The summed E-state index contributed by atoms with van der Waals surface area (Å²) in [6.07, 6.45) is 3.30. The molecule has 1 atom stereocenters. The van der Waals surface area contributed by atoms with Crippen molar-refractivity contribution in [3.63, 3.8) is 0 Å². The number of pyridine rings is 1. The van der Waals surface area contributed by atoms with Crippen LogP contribution in [0.3, 0.4) is 0 Å². The van der Waals surface area contributed by atoms with Crippen LogP contribution in [0.5, 0.6) is 0 Å². The van der Waals surface area contributed by atoms with Crippen molar-refractivity contribution in [2.75, 3.05) is 12.3 Å². The van der Waals surface area contributed by atoms with Gasteiger partial charge in [-0.3, -0.25) is 0 Å². The van der Waals surface area contributed by atoms with Gasteiger partial charge in [0, 0.05) is 12.6 Å². The number of aromatic nitrogens is 4. The van der Waals surface area contributed by atoms with E-state index in [0.29, 0.717) is 17.3 Å². The van der Waals surface area contributed by atoms with Crippen LogP contribution in [0.2, 0.25) is 0 Å². The number of nitrogen functional groups attached to an aromatic ring is 1. The average Bonchev–Trinajstić information content (AvgIpc) is 2.85. The van der Waals surface area contributed by atoms with E-state index in [1.807, 2.05) is 16.7 Å². The second-order valence-corrected chi connectivity index (χ2v) is 4.22. The minimum absolute atomic E-state index is 0.193. The third kappa shape index (κ3) is 2.65. The monoisotopic (exact) mass is 247 g/mol. The van der Waals surface area contributed by atoms with Crippen molar-refractivity contribution in [3.8, 4) is 11.5 Å². The summed E-state index contributed by atoms with van der Waals surface area (Å²) in [6.45, 7) is 2.26. The SMILES string of the molecule is CC(CCCO)n1cnnc1-c1cccc(N)n1. The molecular formula is C12H17N5O. The normalized spacial score (nSPS) is 12.6. The maximum atomic E-state index is 8.87. The van der Waals surface area contributed by atoms with Crippen LogP contribution in [0.4, 0.5) is 5.82 Å². The average molecular weight is 247 g/mol. The molecule has 96 valence electrons. The van der Waals surface area contributed by atoms with Crippen LogP contribution in [0.15, 0.2) is 24.5 Å². The van der Waals surface area contributed by atoms with E-state index in [1.54, 1.807) is 12.4 Å². The maximum Gasteiger partial charge on any atom is 0.182 e. The predicted octanol–water partition coefficient (Wildman–Crippen LogP) is 1.26. The lowest BCUT2D eigenvalue weighted by atomic mass is 10.2. The Kier molecular flexibility index (Phi) is 3.88. The molecule has 0 saturated heterocycles. The lowest BCUT2D eigenvalue weighted by Crippen LogP contribution is -2.07. The van der Waals surface area contributed by atoms with Crippen molar-refractivity contribution in [1.82, 2.24) is 19.7 Å². The van der Waals surface area contributed by atoms with Crippen LogP contribution < -0.4 is 5.73 Å². The fourth-order valence-electron chi connectivity index (χ4n) is 1.85. The van der Waals surface area contributed by atoms with Crippen molar-refractivity contribution >= 4 is 5.82 Å². The van der Waals surface area contributed by atoms with Crippen LogP contribution in [-0.2, 0) is 0 Å². The molecule has 0 aromatic carbocycles. The minimum atomic E-state index is 0.193. The molecule has 0 aliphatic carbocycles. The van der Waals surface area contributed by atoms with Crippen molar-refractivity contribution in [3.05, 3.63) is 24.5 Å². The Morgan fingerprint density at radius 1 is 1.44 bits per heavy atom. The Hall–Kier alpha value is -1.95. The molecule has 0 aliphatic heterocycles. The zero-order chi connectivity index (χ0) is 13.0. The number of nitrogens with two attached hydrogens (primary N) is 1. The van der Waals surface area contributed by atoms with Crippen molar-refractivity contribution in [2.45, 2.75) is 25.8 Å². The van der Waals surface area contributed by atoms with Gasteiger partial charge in [0.15, 0.2) is 5.82 Å². The number of aliphatic hydroxyl groups is 1. The van der Waals surface area contributed by atoms with Gasteiger partial charge in [0.05, 0.1) is 0 Å². The summed E-state index contributed by atoms with van der Waals surface area (Å²) < 4.78 is 1.96. The highest BCUT2D eigenvalue weighted by molar-refractivity contribution is 5.52. The number of hydrogen-bond acceptors (Lipinski definition) is 5. The topological polar surface area (TPSA) is 89.8 Å². The Morgan fingerprint density at radius 3 is 3.00 bits per heavy atom. The number of rotatable bonds is 5. The lowest BCUT2D eigenvalue weighted by Gasteiger charge is -2.14. The molecule has 6 heteroatoms. The molecule has 0 fully saturated rings. The van der Waals surface area contributed by atoms with Gasteiger partial charge in [-0.15, -0.1) is 10.2 Å². The molecule has 0 bridgehead atoms. The fraction of sp³-hybridized carbons (Fsp3) is 0.417. The Balaban J connectivity index is 2.27. The van der Waals surface area contributed by atoms with Gasteiger partial charge in [-0.25, -0.2) is 4.98 Å². The first-order valence-corrected chi connectivity index (χ1v) is 5.95. The van der Waals surface area contributed by atoms with Crippen molar-refractivity contribution in [2.24, 2.45) is 0 Å². The molecule has 0 saturated carbocycles. The maximum absolute atomic E-state index is 8.87. The van der Waals surface area contributed by atoms with Crippen LogP contribution in [0.25, 0.3) is 11.5 Å². The lowest BCUT2D eigenvalue weighted by molar-refractivity contribution is 0.274. The standard InChI is InChI=1S/C12H17N5O/c1-9(4-3-7-18)17-8-14-16-12(17)10-5-2-6-11(13)15-10/h2,5-6,8-9,18H,3-4,7H2,1H3,(H2,13,15). The zero-order valence-corrected chi connectivity index (χ0v) is 10.3. The number of hydrogen-bond donors (Lipinski definition) is 2. The molecule has 0 radical (unpaired) electrons. The minimum Gasteiger partial charge on any atom is -0.396 e. The summed E-state index contributed by atoms with van der Waals surface area (Å²) in [6, 6.07) is 5.65. The van der Waals surface area contributed by atoms with Gasteiger partial charge in [0.2, 0.25) is 0 Å². The summed E-state index contributed by atoms with van der Waals surface area (Å²) >= 11 is 0.